The summed E-state index contributed by atoms with van der Waals surface area (Å²) in [5.41, 5.74) is 4.14. The molecule has 1 aliphatic carbocycles. The lowest BCUT2D eigenvalue weighted by Crippen LogP contribution is -2.19. The normalized spacial score (nSPS) is 19.1. The summed E-state index contributed by atoms with van der Waals surface area (Å²) >= 11 is 0. The number of hydrogen-bond acceptors (Lipinski definition) is 3. The molecular weight excluding hydrogens is 224 g/mol. The van der Waals surface area contributed by atoms with Gasteiger partial charge in [0.1, 0.15) is 5.75 Å². The summed E-state index contributed by atoms with van der Waals surface area (Å²) in [7, 11) is 0. The van der Waals surface area contributed by atoms with Crippen LogP contribution in [-0.4, -0.2) is 16.8 Å². The zero-order valence-corrected chi connectivity index (χ0v) is 10.1. The molecule has 3 heteroatoms. The van der Waals surface area contributed by atoms with Crippen molar-refractivity contribution in [2.24, 2.45) is 0 Å². The Morgan fingerprint density at radius 1 is 1.00 bits per heavy atom. The molecule has 1 aromatic heterocycles. The molecule has 1 aromatic carbocycles. The molecule has 2 heterocycles. The highest BCUT2D eigenvalue weighted by molar-refractivity contribution is 5.66. The highest BCUT2D eigenvalue weighted by Crippen LogP contribution is 2.56. The fourth-order valence-corrected chi connectivity index (χ4v) is 2.87. The van der Waals surface area contributed by atoms with Crippen molar-refractivity contribution in [3.8, 4) is 16.9 Å². The van der Waals surface area contributed by atoms with Gasteiger partial charge in [0.05, 0.1) is 19.0 Å². The van der Waals surface area contributed by atoms with Crippen LogP contribution in [0.25, 0.3) is 11.1 Å². The summed E-state index contributed by atoms with van der Waals surface area (Å²) in [6.45, 7) is 0.864. The summed E-state index contributed by atoms with van der Waals surface area (Å²) in [6, 6.07) is 8.48. The maximum absolute atomic E-state index is 5.76. The van der Waals surface area contributed by atoms with Gasteiger partial charge in [-0.2, -0.15) is 10.2 Å². The zero-order chi connectivity index (χ0) is 12.0. The fourth-order valence-electron chi connectivity index (χ4n) is 2.87. The van der Waals surface area contributed by atoms with Gasteiger partial charge in [-0.15, -0.1) is 0 Å². The quantitative estimate of drug-likeness (QED) is 0.766. The number of hydrogen-bond donors (Lipinski definition) is 0. The molecule has 0 N–H and O–H groups in total. The van der Waals surface area contributed by atoms with Crippen LogP contribution in [0.2, 0.25) is 0 Å². The first-order valence-corrected chi connectivity index (χ1v) is 6.42. The van der Waals surface area contributed by atoms with Gasteiger partial charge in [-0.05, 0) is 43.0 Å². The van der Waals surface area contributed by atoms with Crippen LogP contribution in [0.3, 0.4) is 0 Å². The van der Waals surface area contributed by atoms with E-state index >= 15 is 0 Å². The lowest BCUT2D eigenvalue weighted by atomic mass is 9.88. The highest BCUT2D eigenvalue weighted by Gasteiger charge is 2.47. The Kier molecular flexibility index (Phi) is 1.98. The Labute approximate surface area is 106 Å². The first kappa shape index (κ1) is 10.1. The monoisotopic (exact) mass is 238 g/mol. The van der Waals surface area contributed by atoms with Crippen molar-refractivity contribution in [2.45, 2.75) is 24.7 Å². The first-order chi connectivity index (χ1) is 8.87. The maximum Gasteiger partial charge on any atom is 0.123 e. The average molecular weight is 238 g/mol. The van der Waals surface area contributed by atoms with Crippen molar-refractivity contribution in [3.63, 3.8) is 0 Å². The fraction of sp³-hybridized carbons (Fsp3) is 0.333. The summed E-state index contributed by atoms with van der Waals surface area (Å²) < 4.78 is 5.76. The van der Waals surface area contributed by atoms with Crippen LogP contribution >= 0.6 is 0 Å². The molecule has 2 aromatic rings. The van der Waals surface area contributed by atoms with Crippen LogP contribution in [0.5, 0.6) is 5.75 Å². The topological polar surface area (TPSA) is 35.0 Å². The summed E-state index contributed by atoms with van der Waals surface area (Å²) in [4.78, 5) is 0. The number of fused-ring (bicyclic) bond motifs is 2. The molecule has 90 valence electrons. The third-order valence-corrected chi connectivity index (χ3v) is 4.16. The average Bonchev–Trinajstić information content (AvgIpc) is 3.21. The number of nitrogens with zero attached hydrogens (tertiary/aromatic N) is 2. The first-order valence-electron chi connectivity index (χ1n) is 6.42. The highest BCUT2D eigenvalue weighted by atomic mass is 16.5. The molecule has 1 spiro atoms. The van der Waals surface area contributed by atoms with Gasteiger partial charge in [0, 0.05) is 16.5 Å². The molecule has 1 fully saturated rings. The van der Waals surface area contributed by atoms with Crippen LogP contribution in [0, 0.1) is 0 Å². The second-order valence-corrected chi connectivity index (χ2v) is 5.22. The largest absolute Gasteiger partial charge is 0.493 e. The lowest BCUT2D eigenvalue weighted by Gasteiger charge is -2.26. The molecule has 0 amide bonds. The molecule has 0 bridgehead atoms. The van der Waals surface area contributed by atoms with Gasteiger partial charge in [-0.1, -0.05) is 6.07 Å². The number of ether oxygens (including phenoxy) is 1. The van der Waals surface area contributed by atoms with E-state index in [9.17, 15) is 0 Å². The van der Waals surface area contributed by atoms with Gasteiger partial charge < -0.3 is 4.74 Å². The van der Waals surface area contributed by atoms with E-state index in [0.717, 1.165) is 24.3 Å². The van der Waals surface area contributed by atoms with Gasteiger partial charge in [0.15, 0.2) is 0 Å². The second-order valence-electron chi connectivity index (χ2n) is 5.22. The molecular formula is C15H14N2O. The molecule has 1 saturated carbocycles. The SMILES string of the molecule is c1cc(-c2ccc3c(c2)C2(CCO3)CC2)cnn1. The molecule has 0 saturated heterocycles. The number of rotatable bonds is 1. The van der Waals surface area contributed by atoms with E-state index in [1.165, 1.54) is 24.0 Å². The molecule has 0 radical (unpaired) electrons. The van der Waals surface area contributed by atoms with Crippen molar-refractivity contribution in [3.05, 3.63) is 42.2 Å². The van der Waals surface area contributed by atoms with Crippen molar-refractivity contribution in [1.82, 2.24) is 10.2 Å². The summed E-state index contributed by atoms with van der Waals surface area (Å²) in [5, 5.41) is 7.77. The van der Waals surface area contributed by atoms with Gasteiger partial charge in [-0.25, -0.2) is 0 Å². The van der Waals surface area contributed by atoms with Gasteiger partial charge in [0.25, 0.3) is 0 Å². The van der Waals surface area contributed by atoms with Gasteiger partial charge in [-0.3, -0.25) is 0 Å². The van der Waals surface area contributed by atoms with E-state index in [0.29, 0.717) is 5.41 Å². The van der Waals surface area contributed by atoms with E-state index in [1.54, 1.807) is 6.20 Å². The van der Waals surface area contributed by atoms with Crippen LogP contribution < -0.4 is 4.74 Å². The van der Waals surface area contributed by atoms with Crippen molar-refractivity contribution < 1.29 is 4.74 Å². The minimum Gasteiger partial charge on any atom is -0.493 e. The molecule has 0 atom stereocenters. The second kappa shape index (κ2) is 3.55. The van der Waals surface area contributed by atoms with Crippen LogP contribution in [0.4, 0.5) is 0 Å². The maximum atomic E-state index is 5.76. The minimum atomic E-state index is 0.421. The van der Waals surface area contributed by atoms with Crippen molar-refractivity contribution in [2.75, 3.05) is 6.61 Å². The molecule has 2 aliphatic rings. The standard InChI is InChI=1S/C15H14N2O/c1-2-14-13(15(4-5-15)6-8-18-14)9-11(1)12-3-7-16-17-10-12/h1-3,7,9-10H,4-6,8H2. The van der Waals surface area contributed by atoms with E-state index in [-0.39, 0.29) is 0 Å². The predicted octanol–water partition coefficient (Wildman–Crippen LogP) is 2.96. The zero-order valence-electron chi connectivity index (χ0n) is 10.1. The number of aromatic nitrogens is 2. The molecule has 3 nitrogen and oxygen atoms in total. The Balaban J connectivity index is 1.84. The minimum absolute atomic E-state index is 0.421. The summed E-state index contributed by atoms with van der Waals surface area (Å²) in [5.74, 6) is 1.07. The van der Waals surface area contributed by atoms with Crippen LogP contribution in [0.1, 0.15) is 24.8 Å². The van der Waals surface area contributed by atoms with Crippen molar-refractivity contribution in [1.29, 1.82) is 0 Å². The van der Waals surface area contributed by atoms with E-state index in [2.05, 4.69) is 28.4 Å². The van der Waals surface area contributed by atoms with E-state index in [4.69, 9.17) is 4.74 Å². The Bertz CT molecular complexity index is 591. The van der Waals surface area contributed by atoms with Crippen LogP contribution in [-0.2, 0) is 5.41 Å². The molecule has 1 aliphatic heterocycles. The molecule has 18 heavy (non-hydrogen) atoms. The van der Waals surface area contributed by atoms with Gasteiger partial charge >= 0.3 is 0 Å². The Morgan fingerprint density at radius 3 is 2.72 bits per heavy atom. The third kappa shape index (κ3) is 1.43. The van der Waals surface area contributed by atoms with E-state index in [1.807, 2.05) is 12.3 Å². The molecule has 4 rings (SSSR count). The third-order valence-electron chi connectivity index (χ3n) is 4.16. The lowest BCUT2D eigenvalue weighted by molar-refractivity contribution is 0.260. The Morgan fingerprint density at radius 2 is 1.94 bits per heavy atom. The van der Waals surface area contributed by atoms with Crippen LogP contribution in [0.15, 0.2) is 36.7 Å². The summed E-state index contributed by atoms with van der Waals surface area (Å²) in [6.07, 6.45) is 7.32. The Hall–Kier alpha value is -1.90. The van der Waals surface area contributed by atoms with Crippen molar-refractivity contribution >= 4 is 0 Å². The number of benzene rings is 1. The predicted molar refractivity (Wildman–Crippen MR) is 68.5 cm³/mol. The van der Waals surface area contributed by atoms with E-state index < -0.39 is 0 Å². The smallest absolute Gasteiger partial charge is 0.123 e. The van der Waals surface area contributed by atoms with Gasteiger partial charge in [0.2, 0.25) is 0 Å². The molecule has 0 unspecified atom stereocenters.